The fourth-order valence-electron chi connectivity index (χ4n) is 1.66. The van der Waals surface area contributed by atoms with Crippen LogP contribution in [0.4, 0.5) is 0 Å². The Bertz CT molecular complexity index is 334. The van der Waals surface area contributed by atoms with E-state index in [1.54, 1.807) is 19.2 Å². The molecule has 1 aliphatic carbocycles. The SMILES string of the molecule is COc1ccc(B(O)O)c(C2CC2)c1. The average molecular weight is 192 g/mol. The smallest absolute Gasteiger partial charge is 0.488 e. The van der Waals surface area contributed by atoms with Gasteiger partial charge in [-0.25, -0.2) is 0 Å². The van der Waals surface area contributed by atoms with Gasteiger partial charge in [0.25, 0.3) is 0 Å². The predicted molar refractivity (Wildman–Crippen MR) is 54.8 cm³/mol. The molecule has 74 valence electrons. The zero-order chi connectivity index (χ0) is 10.1. The minimum atomic E-state index is -1.38. The first kappa shape index (κ1) is 9.56. The van der Waals surface area contributed by atoms with Crippen LogP contribution in [0.5, 0.6) is 5.75 Å². The molecule has 0 spiro atoms. The van der Waals surface area contributed by atoms with Crippen LogP contribution in [0.25, 0.3) is 0 Å². The molecular weight excluding hydrogens is 179 g/mol. The highest BCUT2D eigenvalue weighted by Gasteiger charge is 2.29. The lowest BCUT2D eigenvalue weighted by atomic mass is 9.76. The summed E-state index contributed by atoms with van der Waals surface area (Å²) >= 11 is 0. The second kappa shape index (κ2) is 3.63. The van der Waals surface area contributed by atoms with Crippen LogP contribution in [0.1, 0.15) is 24.3 Å². The Hall–Kier alpha value is -0.995. The molecule has 0 radical (unpaired) electrons. The second-order valence-electron chi connectivity index (χ2n) is 3.64. The minimum Gasteiger partial charge on any atom is -0.497 e. The standard InChI is InChI=1S/C10H13BO3/c1-14-8-4-5-10(11(12)13)9(6-8)7-2-3-7/h4-7,12-13H,2-3H2,1H3. The number of hydrogen-bond acceptors (Lipinski definition) is 3. The molecule has 1 fully saturated rings. The van der Waals surface area contributed by atoms with E-state index in [4.69, 9.17) is 14.8 Å². The van der Waals surface area contributed by atoms with Crippen molar-refractivity contribution in [2.75, 3.05) is 7.11 Å². The van der Waals surface area contributed by atoms with Crippen LogP contribution >= 0.6 is 0 Å². The summed E-state index contributed by atoms with van der Waals surface area (Å²) in [5, 5.41) is 18.3. The molecule has 1 aromatic rings. The quantitative estimate of drug-likeness (QED) is 0.675. The molecule has 0 unspecified atom stereocenters. The molecule has 14 heavy (non-hydrogen) atoms. The van der Waals surface area contributed by atoms with Crippen LogP contribution in [0.3, 0.4) is 0 Å². The monoisotopic (exact) mass is 192 g/mol. The van der Waals surface area contributed by atoms with Crippen molar-refractivity contribution < 1.29 is 14.8 Å². The number of rotatable bonds is 3. The van der Waals surface area contributed by atoms with E-state index >= 15 is 0 Å². The summed E-state index contributed by atoms with van der Waals surface area (Å²) < 4.78 is 5.10. The van der Waals surface area contributed by atoms with Gasteiger partial charge in [0.15, 0.2) is 0 Å². The van der Waals surface area contributed by atoms with Gasteiger partial charge in [0.2, 0.25) is 0 Å². The molecule has 0 atom stereocenters. The third-order valence-corrected chi connectivity index (χ3v) is 2.59. The summed E-state index contributed by atoms with van der Waals surface area (Å²) in [6.45, 7) is 0. The lowest BCUT2D eigenvalue weighted by Crippen LogP contribution is -2.32. The van der Waals surface area contributed by atoms with Gasteiger partial charge in [-0.1, -0.05) is 6.07 Å². The molecule has 0 aromatic heterocycles. The van der Waals surface area contributed by atoms with E-state index in [1.165, 1.54) is 0 Å². The number of hydrogen-bond donors (Lipinski definition) is 2. The van der Waals surface area contributed by atoms with E-state index in [0.29, 0.717) is 11.4 Å². The predicted octanol–water partition coefficient (Wildman–Crippen LogP) is 0.252. The number of benzene rings is 1. The minimum absolute atomic E-state index is 0.488. The number of methoxy groups -OCH3 is 1. The van der Waals surface area contributed by atoms with Crippen molar-refractivity contribution in [3.63, 3.8) is 0 Å². The maximum atomic E-state index is 9.16. The van der Waals surface area contributed by atoms with Gasteiger partial charge in [0.1, 0.15) is 5.75 Å². The second-order valence-corrected chi connectivity index (χ2v) is 3.64. The van der Waals surface area contributed by atoms with Crippen LogP contribution in [-0.4, -0.2) is 24.3 Å². The Balaban J connectivity index is 2.38. The van der Waals surface area contributed by atoms with Crippen LogP contribution < -0.4 is 10.2 Å². The van der Waals surface area contributed by atoms with Gasteiger partial charge in [-0.15, -0.1) is 0 Å². The molecule has 3 nitrogen and oxygen atoms in total. The average Bonchev–Trinajstić information content (AvgIpc) is 3.00. The molecule has 0 amide bonds. The first-order valence-corrected chi connectivity index (χ1v) is 4.76. The molecular formula is C10H13BO3. The van der Waals surface area contributed by atoms with E-state index in [2.05, 4.69) is 0 Å². The first-order chi connectivity index (χ1) is 6.72. The Morgan fingerprint density at radius 1 is 1.36 bits per heavy atom. The zero-order valence-corrected chi connectivity index (χ0v) is 8.10. The summed E-state index contributed by atoms with van der Waals surface area (Å²) in [6, 6.07) is 5.37. The van der Waals surface area contributed by atoms with Crippen LogP contribution in [0, 0.1) is 0 Å². The molecule has 2 rings (SSSR count). The van der Waals surface area contributed by atoms with Crippen molar-refractivity contribution in [3.8, 4) is 5.75 Å². The van der Waals surface area contributed by atoms with Crippen molar-refractivity contribution >= 4 is 12.6 Å². The highest BCUT2D eigenvalue weighted by Crippen LogP contribution is 2.40. The van der Waals surface area contributed by atoms with Gasteiger partial charge in [-0.3, -0.25) is 0 Å². The maximum absolute atomic E-state index is 9.16. The first-order valence-electron chi connectivity index (χ1n) is 4.76. The van der Waals surface area contributed by atoms with Crippen LogP contribution in [0.2, 0.25) is 0 Å². The van der Waals surface area contributed by atoms with Gasteiger partial charge < -0.3 is 14.8 Å². The van der Waals surface area contributed by atoms with Crippen molar-refractivity contribution in [2.45, 2.75) is 18.8 Å². The zero-order valence-electron chi connectivity index (χ0n) is 8.10. The molecule has 0 heterocycles. The van der Waals surface area contributed by atoms with E-state index in [0.717, 1.165) is 24.2 Å². The van der Waals surface area contributed by atoms with E-state index in [-0.39, 0.29) is 0 Å². The Labute approximate surface area is 83.5 Å². The van der Waals surface area contributed by atoms with E-state index in [9.17, 15) is 0 Å². The third-order valence-electron chi connectivity index (χ3n) is 2.59. The van der Waals surface area contributed by atoms with E-state index in [1.807, 2.05) is 6.07 Å². The molecule has 0 saturated heterocycles. The third kappa shape index (κ3) is 1.76. The Morgan fingerprint density at radius 2 is 2.07 bits per heavy atom. The topological polar surface area (TPSA) is 49.7 Å². The fraction of sp³-hybridized carbons (Fsp3) is 0.400. The van der Waals surface area contributed by atoms with Gasteiger partial charge in [-0.05, 0) is 41.9 Å². The van der Waals surface area contributed by atoms with Crippen molar-refractivity contribution in [1.82, 2.24) is 0 Å². The van der Waals surface area contributed by atoms with Gasteiger partial charge in [-0.2, -0.15) is 0 Å². The molecule has 4 heteroatoms. The van der Waals surface area contributed by atoms with Gasteiger partial charge in [0.05, 0.1) is 7.11 Å². The highest BCUT2D eigenvalue weighted by atomic mass is 16.5. The summed E-state index contributed by atoms with van der Waals surface area (Å²) in [6.07, 6.45) is 2.26. The van der Waals surface area contributed by atoms with Crippen LogP contribution in [-0.2, 0) is 0 Å². The molecule has 1 saturated carbocycles. The highest BCUT2D eigenvalue weighted by molar-refractivity contribution is 6.59. The maximum Gasteiger partial charge on any atom is 0.488 e. The lowest BCUT2D eigenvalue weighted by molar-refractivity contribution is 0.413. The molecule has 0 bridgehead atoms. The normalized spacial score (nSPS) is 15.4. The molecule has 0 aliphatic heterocycles. The summed E-state index contributed by atoms with van der Waals surface area (Å²) in [5.41, 5.74) is 1.62. The van der Waals surface area contributed by atoms with Gasteiger partial charge >= 0.3 is 7.12 Å². The van der Waals surface area contributed by atoms with Crippen molar-refractivity contribution in [1.29, 1.82) is 0 Å². The summed E-state index contributed by atoms with van der Waals surface area (Å²) in [4.78, 5) is 0. The largest absolute Gasteiger partial charge is 0.497 e. The molecule has 1 aromatic carbocycles. The Morgan fingerprint density at radius 3 is 2.57 bits per heavy atom. The molecule has 2 N–H and O–H groups in total. The van der Waals surface area contributed by atoms with Gasteiger partial charge in [0, 0.05) is 0 Å². The van der Waals surface area contributed by atoms with E-state index < -0.39 is 7.12 Å². The summed E-state index contributed by atoms with van der Waals surface area (Å²) in [5.74, 6) is 1.26. The van der Waals surface area contributed by atoms with Crippen molar-refractivity contribution in [3.05, 3.63) is 23.8 Å². The summed E-state index contributed by atoms with van der Waals surface area (Å²) in [7, 11) is 0.234. The molecule has 1 aliphatic rings. The van der Waals surface area contributed by atoms with Crippen LogP contribution in [0.15, 0.2) is 18.2 Å². The van der Waals surface area contributed by atoms with Crippen molar-refractivity contribution in [2.24, 2.45) is 0 Å². The lowest BCUT2D eigenvalue weighted by Gasteiger charge is -2.09. The fourth-order valence-corrected chi connectivity index (χ4v) is 1.66. The Kier molecular flexibility index (Phi) is 2.48. The number of ether oxygens (including phenoxy) is 1.